The molecular weight excluding hydrogens is 330 g/mol. The van der Waals surface area contributed by atoms with E-state index < -0.39 is 0 Å². The van der Waals surface area contributed by atoms with Crippen LogP contribution in [0.4, 0.5) is 0 Å². The third-order valence-electron chi connectivity index (χ3n) is 5.86. The number of aryl methyl sites for hydroxylation is 1. The van der Waals surface area contributed by atoms with Gasteiger partial charge < -0.3 is 11.1 Å². The SMILES string of the molecule is Cc1nc(-c2ccc(CCNC(=O)C3C4CCC(C4)C3N)cc2)cs1. The Kier molecular flexibility index (Phi) is 4.61. The second-order valence-electron chi connectivity index (χ2n) is 7.43. The van der Waals surface area contributed by atoms with Gasteiger partial charge in [0.1, 0.15) is 0 Å². The Morgan fingerprint density at radius 3 is 2.68 bits per heavy atom. The number of aromatic nitrogens is 1. The van der Waals surface area contributed by atoms with Gasteiger partial charge in [-0.3, -0.25) is 4.79 Å². The number of benzene rings is 1. The molecule has 0 aliphatic heterocycles. The lowest BCUT2D eigenvalue weighted by atomic mass is 9.84. The van der Waals surface area contributed by atoms with Crippen molar-refractivity contribution in [2.75, 3.05) is 6.54 Å². The Bertz CT molecular complexity index is 753. The van der Waals surface area contributed by atoms with Crippen molar-refractivity contribution in [3.8, 4) is 11.3 Å². The van der Waals surface area contributed by atoms with Crippen molar-refractivity contribution in [3.05, 3.63) is 40.2 Å². The normalized spacial score (nSPS) is 27.6. The van der Waals surface area contributed by atoms with Crippen LogP contribution in [0.15, 0.2) is 29.6 Å². The zero-order valence-electron chi connectivity index (χ0n) is 14.6. The first-order valence-corrected chi connectivity index (χ1v) is 10.0. The van der Waals surface area contributed by atoms with E-state index in [1.54, 1.807) is 11.3 Å². The van der Waals surface area contributed by atoms with E-state index in [2.05, 4.69) is 39.9 Å². The highest BCUT2D eigenvalue weighted by atomic mass is 32.1. The minimum Gasteiger partial charge on any atom is -0.355 e. The summed E-state index contributed by atoms with van der Waals surface area (Å²) in [6.45, 7) is 2.70. The third-order valence-corrected chi connectivity index (χ3v) is 6.64. The summed E-state index contributed by atoms with van der Waals surface area (Å²) in [4.78, 5) is 17.0. The van der Waals surface area contributed by atoms with Crippen LogP contribution in [0, 0.1) is 24.7 Å². The number of hydrogen-bond donors (Lipinski definition) is 2. The van der Waals surface area contributed by atoms with E-state index in [-0.39, 0.29) is 17.9 Å². The van der Waals surface area contributed by atoms with Crippen molar-refractivity contribution >= 4 is 17.2 Å². The number of carbonyl (C=O) groups is 1. The van der Waals surface area contributed by atoms with E-state index in [9.17, 15) is 4.79 Å². The number of rotatable bonds is 5. The first-order chi connectivity index (χ1) is 12.1. The van der Waals surface area contributed by atoms with Crippen LogP contribution in [0.3, 0.4) is 0 Å². The standard InChI is InChI=1S/C20H25N3OS/c1-12-23-17(11-25-12)14-4-2-13(3-5-14)8-9-22-20(24)18-15-6-7-16(10-15)19(18)21/h2-5,11,15-16,18-19H,6-10,21H2,1H3,(H,22,24). The predicted octanol–water partition coefficient (Wildman–Crippen LogP) is 3.15. The molecule has 2 aliphatic carbocycles. The van der Waals surface area contributed by atoms with Crippen molar-refractivity contribution in [2.24, 2.45) is 23.5 Å². The fourth-order valence-electron chi connectivity index (χ4n) is 4.51. The maximum absolute atomic E-state index is 12.5. The van der Waals surface area contributed by atoms with Crippen molar-refractivity contribution in [1.29, 1.82) is 0 Å². The van der Waals surface area contributed by atoms with Gasteiger partial charge in [0.25, 0.3) is 0 Å². The van der Waals surface area contributed by atoms with E-state index in [1.165, 1.54) is 18.4 Å². The zero-order chi connectivity index (χ0) is 17.4. The van der Waals surface area contributed by atoms with E-state index in [0.717, 1.165) is 29.1 Å². The fourth-order valence-corrected chi connectivity index (χ4v) is 5.13. The maximum atomic E-state index is 12.5. The molecule has 0 saturated heterocycles. The molecule has 1 amide bonds. The molecule has 2 aromatic rings. The average Bonchev–Trinajstić information content (AvgIpc) is 3.31. The summed E-state index contributed by atoms with van der Waals surface area (Å²) in [7, 11) is 0. The molecule has 2 saturated carbocycles. The number of hydrogen-bond acceptors (Lipinski definition) is 4. The number of nitrogens with one attached hydrogen (secondary N) is 1. The molecule has 2 bridgehead atoms. The van der Waals surface area contributed by atoms with Gasteiger partial charge in [-0.2, -0.15) is 0 Å². The Balaban J connectivity index is 1.29. The number of nitrogens with two attached hydrogens (primary N) is 1. The van der Waals surface area contributed by atoms with Gasteiger partial charge in [-0.05, 0) is 50.0 Å². The summed E-state index contributed by atoms with van der Waals surface area (Å²) in [5, 5.41) is 6.28. The third kappa shape index (κ3) is 3.35. The Morgan fingerprint density at radius 2 is 2.04 bits per heavy atom. The Hall–Kier alpha value is -1.72. The van der Waals surface area contributed by atoms with Gasteiger partial charge in [0.15, 0.2) is 0 Å². The number of carbonyl (C=O) groups excluding carboxylic acids is 1. The lowest BCUT2D eigenvalue weighted by Crippen LogP contribution is -2.45. The first-order valence-electron chi connectivity index (χ1n) is 9.16. The number of thiazole rings is 1. The van der Waals surface area contributed by atoms with Gasteiger partial charge in [0.2, 0.25) is 5.91 Å². The van der Waals surface area contributed by atoms with Gasteiger partial charge in [0, 0.05) is 23.5 Å². The minimum absolute atomic E-state index is 0.0361. The van der Waals surface area contributed by atoms with Crippen LogP contribution in [0.25, 0.3) is 11.3 Å². The topological polar surface area (TPSA) is 68.0 Å². The molecule has 1 aromatic carbocycles. The van der Waals surface area contributed by atoms with E-state index in [4.69, 9.17) is 5.73 Å². The second kappa shape index (κ2) is 6.89. The van der Waals surface area contributed by atoms with Gasteiger partial charge in [0.05, 0.1) is 16.6 Å². The zero-order valence-corrected chi connectivity index (χ0v) is 15.4. The van der Waals surface area contributed by atoms with Gasteiger partial charge in [-0.15, -0.1) is 11.3 Å². The van der Waals surface area contributed by atoms with Crippen LogP contribution >= 0.6 is 11.3 Å². The summed E-state index contributed by atoms with van der Waals surface area (Å²) >= 11 is 1.67. The number of nitrogens with zero attached hydrogens (tertiary/aromatic N) is 1. The predicted molar refractivity (Wildman–Crippen MR) is 101 cm³/mol. The summed E-state index contributed by atoms with van der Waals surface area (Å²) in [6.07, 6.45) is 4.38. The lowest BCUT2D eigenvalue weighted by molar-refractivity contribution is -0.127. The van der Waals surface area contributed by atoms with Crippen molar-refractivity contribution < 1.29 is 4.79 Å². The molecule has 0 radical (unpaired) electrons. The maximum Gasteiger partial charge on any atom is 0.224 e. The molecule has 4 atom stereocenters. The molecule has 0 spiro atoms. The first kappa shape index (κ1) is 16.7. The summed E-state index contributed by atoms with van der Waals surface area (Å²) in [5.74, 6) is 1.28. The van der Waals surface area contributed by atoms with E-state index in [1.807, 2.05) is 6.92 Å². The minimum atomic E-state index is 0.0361. The smallest absolute Gasteiger partial charge is 0.224 e. The van der Waals surface area contributed by atoms with Crippen LogP contribution in [0.1, 0.15) is 29.8 Å². The van der Waals surface area contributed by atoms with Crippen molar-refractivity contribution in [1.82, 2.24) is 10.3 Å². The summed E-state index contributed by atoms with van der Waals surface area (Å²) < 4.78 is 0. The van der Waals surface area contributed by atoms with Crippen LogP contribution < -0.4 is 11.1 Å². The van der Waals surface area contributed by atoms with Crippen molar-refractivity contribution in [2.45, 2.75) is 38.6 Å². The number of fused-ring (bicyclic) bond motifs is 2. The highest BCUT2D eigenvalue weighted by Gasteiger charge is 2.48. The van der Waals surface area contributed by atoms with Gasteiger partial charge in [-0.1, -0.05) is 24.3 Å². The molecule has 2 aliphatic rings. The number of amides is 1. The molecule has 3 N–H and O–H groups in total. The largest absolute Gasteiger partial charge is 0.355 e. The van der Waals surface area contributed by atoms with Crippen molar-refractivity contribution in [3.63, 3.8) is 0 Å². The molecule has 1 heterocycles. The Morgan fingerprint density at radius 1 is 1.28 bits per heavy atom. The summed E-state index contributed by atoms with van der Waals surface area (Å²) in [5.41, 5.74) is 9.66. The lowest BCUT2D eigenvalue weighted by Gasteiger charge is -2.27. The molecular formula is C20H25N3OS. The van der Waals surface area contributed by atoms with Gasteiger partial charge >= 0.3 is 0 Å². The molecule has 4 unspecified atom stereocenters. The van der Waals surface area contributed by atoms with Crippen LogP contribution in [0.2, 0.25) is 0 Å². The van der Waals surface area contributed by atoms with Crippen LogP contribution in [-0.2, 0) is 11.2 Å². The van der Waals surface area contributed by atoms with E-state index in [0.29, 0.717) is 18.4 Å². The molecule has 25 heavy (non-hydrogen) atoms. The highest BCUT2D eigenvalue weighted by molar-refractivity contribution is 7.09. The molecule has 5 heteroatoms. The average molecular weight is 356 g/mol. The highest BCUT2D eigenvalue weighted by Crippen LogP contribution is 2.47. The Labute approximate surface area is 152 Å². The molecule has 132 valence electrons. The van der Waals surface area contributed by atoms with Crippen LogP contribution in [-0.4, -0.2) is 23.5 Å². The molecule has 2 fully saturated rings. The molecule has 4 nitrogen and oxygen atoms in total. The fraction of sp³-hybridized carbons (Fsp3) is 0.500. The quantitative estimate of drug-likeness (QED) is 0.866. The summed E-state index contributed by atoms with van der Waals surface area (Å²) in [6, 6.07) is 8.54. The van der Waals surface area contributed by atoms with E-state index >= 15 is 0 Å². The molecule has 4 rings (SSSR count). The second-order valence-corrected chi connectivity index (χ2v) is 8.49. The van der Waals surface area contributed by atoms with Gasteiger partial charge in [-0.25, -0.2) is 4.98 Å². The molecule has 1 aromatic heterocycles. The monoisotopic (exact) mass is 355 g/mol. The van der Waals surface area contributed by atoms with Crippen LogP contribution in [0.5, 0.6) is 0 Å².